The van der Waals surface area contributed by atoms with Crippen LogP contribution in [-0.4, -0.2) is 35.6 Å². The molecule has 1 aliphatic heterocycles. The van der Waals surface area contributed by atoms with Crippen molar-refractivity contribution in [3.05, 3.63) is 16.1 Å². The van der Waals surface area contributed by atoms with Gasteiger partial charge in [-0.2, -0.15) is 0 Å². The first-order valence-electron chi connectivity index (χ1n) is 6.15. The summed E-state index contributed by atoms with van der Waals surface area (Å²) in [6, 6.07) is 0.663. The van der Waals surface area contributed by atoms with Crippen LogP contribution in [-0.2, 0) is 6.54 Å². The van der Waals surface area contributed by atoms with Crippen LogP contribution >= 0.6 is 11.3 Å². The third-order valence-electron chi connectivity index (χ3n) is 3.19. The van der Waals surface area contributed by atoms with Crippen molar-refractivity contribution in [1.82, 2.24) is 15.2 Å². The summed E-state index contributed by atoms with van der Waals surface area (Å²) in [5, 5.41) is 4.81. The molecular formula is C12H21N3S. The minimum atomic E-state index is 0.663. The van der Waals surface area contributed by atoms with E-state index in [9.17, 15) is 0 Å². The molecule has 2 heterocycles. The van der Waals surface area contributed by atoms with Crippen molar-refractivity contribution in [3.63, 3.8) is 0 Å². The van der Waals surface area contributed by atoms with Crippen LogP contribution in [0.3, 0.4) is 0 Å². The van der Waals surface area contributed by atoms with Crippen LogP contribution in [0.2, 0.25) is 0 Å². The number of piperidine rings is 1. The van der Waals surface area contributed by atoms with Crippen molar-refractivity contribution in [2.24, 2.45) is 0 Å². The molecule has 0 aromatic carbocycles. The number of likely N-dealkylation sites (N-methyl/N-ethyl adjacent to an activating group) is 1. The lowest BCUT2D eigenvalue weighted by Crippen LogP contribution is -2.45. The smallest absolute Gasteiger partial charge is 0.0897 e. The first-order chi connectivity index (χ1) is 7.78. The predicted octanol–water partition coefficient (Wildman–Crippen LogP) is 2.03. The normalized spacial score (nSPS) is 22.5. The monoisotopic (exact) mass is 239 g/mol. The first-order valence-corrected chi connectivity index (χ1v) is 6.96. The Morgan fingerprint density at radius 1 is 1.62 bits per heavy atom. The van der Waals surface area contributed by atoms with Gasteiger partial charge in [-0.1, -0.05) is 6.92 Å². The highest BCUT2D eigenvalue weighted by Crippen LogP contribution is 2.13. The SMILES string of the molecule is CCN1CCCC(NCc2cnc(C)s2)C1. The van der Waals surface area contributed by atoms with Gasteiger partial charge in [0.2, 0.25) is 0 Å². The van der Waals surface area contributed by atoms with Crippen LogP contribution in [0.5, 0.6) is 0 Å². The highest BCUT2D eigenvalue weighted by atomic mass is 32.1. The number of aryl methyl sites for hydroxylation is 1. The van der Waals surface area contributed by atoms with Gasteiger partial charge in [-0.15, -0.1) is 11.3 Å². The number of rotatable bonds is 4. The molecule has 90 valence electrons. The van der Waals surface area contributed by atoms with Gasteiger partial charge in [0.25, 0.3) is 0 Å². The Balaban J connectivity index is 1.77. The van der Waals surface area contributed by atoms with Gasteiger partial charge in [-0.25, -0.2) is 4.98 Å². The second kappa shape index (κ2) is 5.75. The van der Waals surface area contributed by atoms with E-state index in [1.54, 1.807) is 11.3 Å². The van der Waals surface area contributed by atoms with Crippen LogP contribution in [0, 0.1) is 6.92 Å². The van der Waals surface area contributed by atoms with E-state index in [-0.39, 0.29) is 0 Å². The van der Waals surface area contributed by atoms with Gasteiger partial charge in [0.1, 0.15) is 0 Å². The molecule has 4 heteroatoms. The molecule has 1 unspecified atom stereocenters. The quantitative estimate of drug-likeness (QED) is 0.871. The molecule has 2 rings (SSSR count). The van der Waals surface area contributed by atoms with Crippen LogP contribution in [0.1, 0.15) is 29.7 Å². The van der Waals surface area contributed by atoms with Gasteiger partial charge < -0.3 is 10.2 Å². The van der Waals surface area contributed by atoms with Crippen molar-refractivity contribution in [3.8, 4) is 0 Å². The first kappa shape index (κ1) is 12.0. The van der Waals surface area contributed by atoms with Gasteiger partial charge in [-0.05, 0) is 32.9 Å². The van der Waals surface area contributed by atoms with E-state index in [1.807, 2.05) is 6.20 Å². The van der Waals surface area contributed by atoms with Gasteiger partial charge in [-0.3, -0.25) is 0 Å². The highest BCUT2D eigenvalue weighted by molar-refractivity contribution is 7.11. The maximum Gasteiger partial charge on any atom is 0.0897 e. The van der Waals surface area contributed by atoms with Gasteiger partial charge >= 0.3 is 0 Å². The summed E-state index contributed by atoms with van der Waals surface area (Å²) in [6.45, 7) is 8.94. The van der Waals surface area contributed by atoms with Crippen molar-refractivity contribution in [2.75, 3.05) is 19.6 Å². The maximum atomic E-state index is 4.28. The van der Waals surface area contributed by atoms with E-state index >= 15 is 0 Å². The largest absolute Gasteiger partial charge is 0.308 e. The number of aromatic nitrogens is 1. The predicted molar refractivity (Wildman–Crippen MR) is 68.8 cm³/mol. The molecule has 0 radical (unpaired) electrons. The molecular weight excluding hydrogens is 218 g/mol. The topological polar surface area (TPSA) is 28.2 Å². The second-order valence-corrected chi connectivity index (χ2v) is 5.78. The minimum Gasteiger partial charge on any atom is -0.308 e. The highest BCUT2D eigenvalue weighted by Gasteiger charge is 2.17. The van der Waals surface area contributed by atoms with Crippen molar-refractivity contribution >= 4 is 11.3 Å². The van der Waals surface area contributed by atoms with Gasteiger partial charge in [0.05, 0.1) is 5.01 Å². The number of hydrogen-bond acceptors (Lipinski definition) is 4. The van der Waals surface area contributed by atoms with Gasteiger partial charge in [0.15, 0.2) is 0 Å². The third-order valence-corrected chi connectivity index (χ3v) is 4.10. The number of thiazole rings is 1. The average Bonchev–Trinajstić information content (AvgIpc) is 2.73. The fraction of sp³-hybridized carbons (Fsp3) is 0.750. The Morgan fingerprint density at radius 2 is 2.50 bits per heavy atom. The fourth-order valence-corrected chi connectivity index (χ4v) is 2.99. The van der Waals surface area contributed by atoms with E-state index in [0.29, 0.717) is 6.04 Å². The van der Waals surface area contributed by atoms with Crippen LogP contribution in [0.15, 0.2) is 6.20 Å². The Hall–Kier alpha value is -0.450. The van der Waals surface area contributed by atoms with E-state index in [1.165, 1.54) is 37.4 Å². The number of likely N-dealkylation sites (tertiary alicyclic amines) is 1. The molecule has 0 aliphatic carbocycles. The Labute approximate surface area is 102 Å². The van der Waals surface area contributed by atoms with Crippen LogP contribution in [0.25, 0.3) is 0 Å². The number of nitrogens with one attached hydrogen (secondary N) is 1. The molecule has 0 bridgehead atoms. The fourth-order valence-electron chi connectivity index (χ4n) is 2.24. The minimum absolute atomic E-state index is 0.663. The van der Waals surface area contributed by atoms with Crippen molar-refractivity contribution in [1.29, 1.82) is 0 Å². The lowest BCUT2D eigenvalue weighted by atomic mass is 10.1. The van der Waals surface area contributed by atoms with Crippen molar-refractivity contribution in [2.45, 2.75) is 39.3 Å². The molecule has 1 fully saturated rings. The summed E-state index contributed by atoms with van der Waals surface area (Å²) < 4.78 is 0. The Kier molecular flexibility index (Phi) is 4.32. The van der Waals surface area contributed by atoms with Gasteiger partial charge in [0, 0.05) is 30.2 Å². The molecule has 0 spiro atoms. The van der Waals surface area contributed by atoms with E-state index in [2.05, 4.69) is 29.0 Å². The summed E-state index contributed by atoms with van der Waals surface area (Å²) in [5.74, 6) is 0. The zero-order valence-corrected chi connectivity index (χ0v) is 11.0. The molecule has 1 aliphatic rings. The summed E-state index contributed by atoms with van der Waals surface area (Å²) in [4.78, 5) is 8.16. The lowest BCUT2D eigenvalue weighted by molar-refractivity contribution is 0.198. The summed E-state index contributed by atoms with van der Waals surface area (Å²) >= 11 is 1.80. The number of nitrogens with zero attached hydrogens (tertiary/aromatic N) is 2. The molecule has 1 aromatic heterocycles. The molecule has 1 N–H and O–H groups in total. The molecule has 16 heavy (non-hydrogen) atoms. The van der Waals surface area contributed by atoms with E-state index in [0.717, 1.165) is 11.6 Å². The lowest BCUT2D eigenvalue weighted by Gasteiger charge is -2.32. The summed E-state index contributed by atoms with van der Waals surface area (Å²) in [5.41, 5.74) is 0. The zero-order chi connectivity index (χ0) is 11.4. The zero-order valence-electron chi connectivity index (χ0n) is 10.2. The summed E-state index contributed by atoms with van der Waals surface area (Å²) in [7, 11) is 0. The van der Waals surface area contributed by atoms with Crippen LogP contribution in [0.4, 0.5) is 0 Å². The molecule has 1 aromatic rings. The third kappa shape index (κ3) is 3.27. The Bertz CT molecular complexity index is 324. The molecule has 3 nitrogen and oxygen atoms in total. The molecule has 1 saturated heterocycles. The number of hydrogen-bond donors (Lipinski definition) is 1. The molecule has 0 amide bonds. The van der Waals surface area contributed by atoms with E-state index < -0.39 is 0 Å². The molecule has 0 saturated carbocycles. The van der Waals surface area contributed by atoms with Crippen LogP contribution < -0.4 is 5.32 Å². The Morgan fingerprint density at radius 3 is 3.19 bits per heavy atom. The standard InChI is InChI=1S/C12H21N3S/c1-3-15-6-4-5-11(9-15)14-8-12-7-13-10(2)16-12/h7,11,14H,3-6,8-9H2,1-2H3. The molecule has 1 atom stereocenters. The summed E-state index contributed by atoms with van der Waals surface area (Å²) in [6.07, 6.45) is 4.63. The van der Waals surface area contributed by atoms with Crippen molar-refractivity contribution < 1.29 is 0 Å². The second-order valence-electron chi connectivity index (χ2n) is 4.46. The average molecular weight is 239 g/mol. The van der Waals surface area contributed by atoms with E-state index in [4.69, 9.17) is 0 Å². The maximum absolute atomic E-state index is 4.28.